The molecule has 1 rings (SSSR count). The predicted molar refractivity (Wildman–Crippen MR) is 74.1 cm³/mol. The van der Waals surface area contributed by atoms with Gasteiger partial charge in [0, 0.05) is 29.9 Å². The van der Waals surface area contributed by atoms with Gasteiger partial charge < -0.3 is 15.4 Å². The summed E-state index contributed by atoms with van der Waals surface area (Å²) in [5.74, 6) is -0.564. The summed E-state index contributed by atoms with van der Waals surface area (Å²) in [6.07, 6.45) is 0.159. The number of amides is 1. The zero-order chi connectivity index (χ0) is 14.4. The molecule has 0 saturated carbocycles. The number of halogens is 1. The molecule has 1 aromatic carbocycles. The summed E-state index contributed by atoms with van der Waals surface area (Å²) in [6, 6.07) is 4.66. The standard InChI is InChI=1S/C13H17ClN2O3/c1-3-19-12(17)4-5-16(2)13(18)9-6-10(14)8-11(15)7-9/h6-8H,3-5,15H2,1-2H3. The first kappa shape index (κ1) is 15.3. The second-order valence-corrected chi connectivity index (χ2v) is 4.49. The molecule has 0 heterocycles. The van der Waals surface area contributed by atoms with Crippen molar-refractivity contribution in [2.75, 3.05) is 25.9 Å². The Bertz CT molecular complexity index is 457. The molecule has 0 aromatic heterocycles. The summed E-state index contributed by atoms with van der Waals surface area (Å²) >= 11 is 5.84. The number of carbonyl (C=O) groups is 2. The van der Waals surface area contributed by atoms with Crippen LogP contribution < -0.4 is 5.73 Å². The number of rotatable bonds is 5. The highest BCUT2D eigenvalue weighted by Gasteiger charge is 2.14. The lowest BCUT2D eigenvalue weighted by Gasteiger charge is -2.17. The summed E-state index contributed by atoms with van der Waals surface area (Å²) in [4.78, 5) is 24.7. The van der Waals surface area contributed by atoms with Crippen LogP contribution >= 0.6 is 11.6 Å². The first-order chi connectivity index (χ1) is 8.93. The van der Waals surface area contributed by atoms with Crippen molar-refractivity contribution in [2.45, 2.75) is 13.3 Å². The fourth-order valence-electron chi connectivity index (χ4n) is 1.55. The van der Waals surface area contributed by atoms with Gasteiger partial charge in [0.15, 0.2) is 0 Å². The number of nitrogens with zero attached hydrogens (tertiary/aromatic N) is 1. The third kappa shape index (κ3) is 4.79. The zero-order valence-corrected chi connectivity index (χ0v) is 11.7. The Morgan fingerprint density at radius 1 is 1.37 bits per heavy atom. The lowest BCUT2D eigenvalue weighted by Crippen LogP contribution is -2.29. The number of nitrogen functional groups attached to an aromatic ring is 1. The summed E-state index contributed by atoms with van der Waals surface area (Å²) in [5, 5.41) is 0.405. The van der Waals surface area contributed by atoms with Gasteiger partial charge >= 0.3 is 5.97 Å². The van der Waals surface area contributed by atoms with Crippen molar-refractivity contribution in [3.05, 3.63) is 28.8 Å². The minimum absolute atomic E-state index is 0.159. The van der Waals surface area contributed by atoms with Gasteiger partial charge in [0.25, 0.3) is 5.91 Å². The number of carbonyl (C=O) groups excluding carboxylic acids is 2. The SMILES string of the molecule is CCOC(=O)CCN(C)C(=O)c1cc(N)cc(Cl)c1. The largest absolute Gasteiger partial charge is 0.466 e. The molecule has 1 amide bonds. The molecule has 0 atom stereocenters. The highest BCUT2D eigenvalue weighted by molar-refractivity contribution is 6.31. The number of hydrogen-bond donors (Lipinski definition) is 1. The smallest absolute Gasteiger partial charge is 0.307 e. The first-order valence-corrected chi connectivity index (χ1v) is 6.29. The third-order valence-electron chi connectivity index (χ3n) is 2.47. The molecule has 0 saturated heterocycles. The van der Waals surface area contributed by atoms with E-state index in [2.05, 4.69) is 0 Å². The molecule has 0 aliphatic carbocycles. The van der Waals surface area contributed by atoms with Gasteiger partial charge in [-0.25, -0.2) is 0 Å². The molecular formula is C13H17ClN2O3. The second-order valence-electron chi connectivity index (χ2n) is 4.05. The monoisotopic (exact) mass is 284 g/mol. The molecule has 0 aliphatic rings. The Kier molecular flexibility index (Phi) is 5.63. The van der Waals surface area contributed by atoms with Gasteiger partial charge in [-0.1, -0.05) is 11.6 Å². The average Bonchev–Trinajstić information content (AvgIpc) is 2.34. The minimum Gasteiger partial charge on any atom is -0.466 e. The maximum Gasteiger partial charge on any atom is 0.307 e. The molecule has 0 fully saturated rings. The Morgan fingerprint density at radius 3 is 2.63 bits per heavy atom. The normalized spacial score (nSPS) is 10.1. The number of anilines is 1. The van der Waals surface area contributed by atoms with Gasteiger partial charge in [0.2, 0.25) is 0 Å². The van der Waals surface area contributed by atoms with Crippen molar-refractivity contribution in [3.8, 4) is 0 Å². The van der Waals surface area contributed by atoms with E-state index in [1.807, 2.05) is 0 Å². The van der Waals surface area contributed by atoms with E-state index in [0.29, 0.717) is 22.9 Å². The molecule has 2 N–H and O–H groups in total. The Morgan fingerprint density at radius 2 is 2.05 bits per heavy atom. The van der Waals surface area contributed by atoms with E-state index in [9.17, 15) is 9.59 Å². The molecule has 0 aliphatic heterocycles. The lowest BCUT2D eigenvalue weighted by atomic mass is 10.2. The van der Waals surface area contributed by atoms with Crippen LogP contribution in [-0.2, 0) is 9.53 Å². The van der Waals surface area contributed by atoms with E-state index in [1.165, 1.54) is 4.90 Å². The van der Waals surface area contributed by atoms with Crippen molar-refractivity contribution >= 4 is 29.2 Å². The second kappa shape index (κ2) is 6.99. The maximum absolute atomic E-state index is 12.1. The van der Waals surface area contributed by atoms with Crippen molar-refractivity contribution < 1.29 is 14.3 Å². The molecule has 104 valence electrons. The maximum atomic E-state index is 12.1. The first-order valence-electron chi connectivity index (χ1n) is 5.91. The van der Waals surface area contributed by atoms with Crippen molar-refractivity contribution in [1.82, 2.24) is 4.90 Å². The van der Waals surface area contributed by atoms with Crippen LogP contribution in [0.25, 0.3) is 0 Å². The van der Waals surface area contributed by atoms with Gasteiger partial charge in [-0.2, -0.15) is 0 Å². The van der Waals surface area contributed by atoms with Gasteiger partial charge in [0.05, 0.1) is 13.0 Å². The minimum atomic E-state index is -0.326. The van der Waals surface area contributed by atoms with Gasteiger partial charge in [-0.3, -0.25) is 9.59 Å². The van der Waals surface area contributed by atoms with Crippen LogP contribution in [0.4, 0.5) is 5.69 Å². The van der Waals surface area contributed by atoms with Crippen LogP contribution in [0.1, 0.15) is 23.7 Å². The summed E-state index contributed by atoms with van der Waals surface area (Å²) in [5.41, 5.74) is 6.45. The Balaban J connectivity index is 2.63. The molecule has 19 heavy (non-hydrogen) atoms. The quantitative estimate of drug-likeness (QED) is 0.662. The van der Waals surface area contributed by atoms with Gasteiger partial charge in [-0.05, 0) is 25.1 Å². The lowest BCUT2D eigenvalue weighted by molar-refractivity contribution is -0.143. The molecule has 0 spiro atoms. The van der Waals surface area contributed by atoms with Crippen LogP contribution in [0.5, 0.6) is 0 Å². The number of benzene rings is 1. The predicted octanol–water partition coefficient (Wildman–Crippen LogP) is 1.95. The Labute approximate surface area is 117 Å². The van der Waals surface area contributed by atoms with Crippen LogP contribution in [0, 0.1) is 0 Å². The van der Waals surface area contributed by atoms with E-state index in [-0.39, 0.29) is 24.8 Å². The highest BCUT2D eigenvalue weighted by Crippen LogP contribution is 2.17. The van der Waals surface area contributed by atoms with Crippen molar-refractivity contribution in [2.24, 2.45) is 0 Å². The number of hydrogen-bond acceptors (Lipinski definition) is 4. The molecule has 1 aromatic rings. The molecule has 5 nitrogen and oxygen atoms in total. The van der Waals surface area contributed by atoms with Crippen LogP contribution in [0.15, 0.2) is 18.2 Å². The van der Waals surface area contributed by atoms with Crippen LogP contribution in [-0.4, -0.2) is 37.0 Å². The highest BCUT2D eigenvalue weighted by atomic mass is 35.5. The number of nitrogens with two attached hydrogens (primary N) is 1. The van der Waals surface area contributed by atoms with E-state index in [1.54, 1.807) is 32.2 Å². The average molecular weight is 285 g/mol. The molecule has 0 radical (unpaired) electrons. The summed E-state index contributed by atoms with van der Waals surface area (Å²) in [6.45, 7) is 2.35. The fourth-order valence-corrected chi connectivity index (χ4v) is 1.79. The summed E-state index contributed by atoms with van der Waals surface area (Å²) in [7, 11) is 1.61. The van der Waals surface area contributed by atoms with E-state index < -0.39 is 0 Å². The molecule has 0 unspecified atom stereocenters. The van der Waals surface area contributed by atoms with Crippen molar-refractivity contribution in [1.29, 1.82) is 0 Å². The molecule has 0 bridgehead atoms. The van der Waals surface area contributed by atoms with Crippen molar-refractivity contribution in [3.63, 3.8) is 0 Å². The van der Waals surface area contributed by atoms with E-state index in [0.717, 1.165) is 0 Å². The van der Waals surface area contributed by atoms with Crippen LogP contribution in [0.2, 0.25) is 5.02 Å². The van der Waals surface area contributed by atoms with Gasteiger partial charge in [0.1, 0.15) is 0 Å². The molecule has 6 heteroatoms. The topological polar surface area (TPSA) is 72.6 Å². The third-order valence-corrected chi connectivity index (χ3v) is 2.69. The number of ether oxygens (including phenoxy) is 1. The Hall–Kier alpha value is -1.75. The van der Waals surface area contributed by atoms with Gasteiger partial charge in [-0.15, -0.1) is 0 Å². The van der Waals surface area contributed by atoms with Crippen LogP contribution in [0.3, 0.4) is 0 Å². The zero-order valence-electron chi connectivity index (χ0n) is 11.0. The number of esters is 1. The molecular weight excluding hydrogens is 268 g/mol. The van der Waals surface area contributed by atoms with E-state index in [4.69, 9.17) is 22.1 Å². The fraction of sp³-hybridized carbons (Fsp3) is 0.385. The van der Waals surface area contributed by atoms with E-state index >= 15 is 0 Å². The summed E-state index contributed by atoms with van der Waals surface area (Å²) < 4.78 is 4.80.